The van der Waals surface area contributed by atoms with Crippen molar-refractivity contribution in [1.29, 1.82) is 0 Å². The third-order valence-corrected chi connectivity index (χ3v) is 3.45. The lowest BCUT2D eigenvalue weighted by Crippen LogP contribution is -2.24. The van der Waals surface area contributed by atoms with Crippen molar-refractivity contribution in [3.8, 4) is 11.1 Å². The summed E-state index contributed by atoms with van der Waals surface area (Å²) in [6.07, 6.45) is 0. The second kappa shape index (κ2) is 6.23. The Kier molecular flexibility index (Phi) is 4.10. The predicted molar refractivity (Wildman–Crippen MR) is 87.2 cm³/mol. The minimum Gasteiger partial charge on any atom is -0.370 e. The topological polar surface area (TPSA) is 94.4 Å². The minimum absolute atomic E-state index is 0.0758. The number of guanidine groups is 1. The maximum absolute atomic E-state index is 14.1. The summed E-state index contributed by atoms with van der Waals surface area (Å²) in [5.74, 6) is -4.41. The van der Waals surface area contributed by atoms with Crippen LogP contribution in [0.2, 0.25) is 0 Å². The fourth-order valence-electron chi connectivity index (χ4n) is 2.44. The molecule has 3 aromatic rings. The second-order valence-electron chi connectivity index (χ2n) is 5.16. The number of amides is 1. The summed E-state index contributed by atoms with van der Waals surface area (Å²) in [5, 5.41) is 0.530. The summed E-state index contributed by atoms with van der Waals surface area (Å²) in [7, 11) is 0. The first-order valence-electron chi connectivity index (χ1n) is 7.05. The van der Waals surface area contributed by atoms with Crippen LogP contribution in [0, 0.1) is 17.5 Å². The number of aromatic nitrogens is 1. The van der Waals surface area contributed by atoms with Gasteiger partial charge in [-0.15, -0.1) is 0 Å². The number of nitrogens with two attached hydrogens (primary N) is 2. The molecule has 4 N–H and O–H groups in total. The fourth-order valence-corrected chi connectivity index (χ4v) is 2.44. The minimum atomic E-state index is -1.08. The van der Waals surface area contributed by atoms with Crippen molar-refractivity contribution < 1.29 is 18.0 Å². The summed E-state index contributed by atoms with van der Waals surface area (Å²) >= 11 is 0. The van der Waals surface area contributed by atoms with Gasteiger partial charge in [0.15, 0.2) is 5.96 Å². The Bertz CT molecular complexity index is 1010. The van der Waals surface area contributed by atoms with Gasteiger partial charge in [-0.1, -0.05) is 24.3 Å². The summed E-state index contributed by atoms with van der Waals surface area (Å²) in [5.41, 5.74) is 10.0. The number of rotatable bonds is 2. The fraction of sp³-hybridized carbons (Fsp3) is 0. The predicted octanol–water partition coefficient (Wildman–Crippen LogP) is 2.73. The van der Waals surface area contributed by atoms with Crippen molar-refractivity contribution in [2.45, 2.75) is 0 Å². The molecule has 0 saturated carbocycles. The summed E-state index contributed by atoms with van der Waals surface area (Å²) in [6.45, 7) is 0. The van der Waals surface area contributed by atoms with Gasteiger partial charge in [0.2, 0.25) is 0 Å². The molecule has 25 heavy (non-hydrogen) atoms. The van der Waals surface area contributed by atoms with E-state index in [9.17, 15) is 18.0 Å². The number of carbonyl (C=O) groups excluding carboxylic acids is 1. The van der Waals surface area contributed by atoms with Gasteiger partial charge >= 0.3 is 0 Å². The molecule has 126 valence electrons. The maximum Gasteiger partial charge on any atom is 0.298 e. The van der Waals surface area contributed by atoms with Crippen molar-refractivity contribution in [2.75, 3.05) is 0 Å². The van der Waals surface area contributed by atoms with Crippen LogP contribution in [-0.2, 0) is 0 Å². The van der Waals surface area contributed by atoms with Crippen molar-refractivity contribution in [3.05, 3.63) is 65.6 Å². The monoisotopic (exact) mass is 344 g/mol. The number of para-hydroxylation sites is 1. The third kappa shape index (κ3) is 3.14. The largest absolute Gasteiger partial charge is 0.370 e. The van der Waals surface area contributed by atoms with E-state index in [0.29, 0.717) is 17.5 Å². The van der Waals surface area contributed by atoms with Gasteiger partial charge in [0.25, 0.3) is 5.91 Å². The molecular weight excluding hydrogens is 333 g/mol. The highest BCUT2D eigenvalue weighted by atomic mass is 19.1. The van der Waals surface area contributed by atoms with E-state index in [1.807, 2.05) is 0 Å². The van der Waals surface area contributed by atoms with E-state index in [2.05, 4.69) is 9.98 Å². The number of hydrogen-bond donors (Lipinski definition) is 2. The van der Waals surface area contributed by atoms with Crippen LogP contribution in [0.25, 0.3) is 22.0 Å². The number of aliphatic imine (C=N–C) groups is 1. The van der Waals surface area contributed by atoms with Gasteiger partial charge in [-0.25, -0.2) is 18.2 Å². The summed E-state index contributed by atoms with van der Waals surface area (Å²) < 4.78 is 41.4. The zero-order chi connectivity index (χ0) is 18.1. The Balaban J connectivity index is 2.27. The third-order valence-electron chi connectivity index (χ3n) is 3.45. The molecule has 0 spiro atoms. The van der Waals surface area contributed by atoms with E-state index >= 15 is 0 Å². The van der Waals surface area contributed by atoms with E-state index in [1.54, 1.807) is 18.2 Å². The molecule has 0 aliphatic carbocycles. The van der Waals surface area contributed by atoms with Gasteiger partial charge in [-0.3, -0.25) is 4.79 Å². The highest BCUT2D eigenvalue weighted by Crippen LogP contribution is 2.32. The summed E-state index contributed by atoms with van der Waals surface area (Å²) in [4.78, 5) is 19.4. The number of benzene rings is 2. The highest BCUT2D eigenvalue weighted by molar-refractivity contribution is 6.03. The smallest absolute Gasteiger partial charge is 0.298 e. The first kappa shape index (κ1) is 16.4. The van der Waals surface area contributed by atoms with Gasteiger partial charge < -0.3 is 11.5 Å². The average molecular weight is 344 g/mol. The van der Waals surface area contributed by atoms with E-state index in [4.69, 9.17) is 11.5 Å². The zero-order valence-electron chi connectivity index (χ0n) is 12.6. The van der Waals surface area contributed by atoms with Crippen LogP contribution in [0.5, 0.6) is 0 Å². The molecule has 0 bridgehead atoms. The maximum atomic E-state index is 14.1. The van der Waals surface area contributed by atoms with Crippen LogP contribution in [0.3, 0.4) is 0 Å². The Labute approximate surface area is 139 Å². The molecule has 1 heterocycles. The standard InChI is InChI=1S/C17H11F3N4O/c18-9-6-11(19)14(12(20)7-9)10-3-1-2-8-4-5-13(23-15(8)10)16(25)24-17(21)22/h1-7H,(H4,21,22,24,25). The first-order chi connectivity index (χ1) is 11.9. The van der Waals surface area contributed by atoms with E-state index in [-0.39, 0.29) is 16.8 Å². The number of carbonyl (C=O) groups is 1. The Hall–Kier alpha value is -3.42. The molecular formula is C17H11F3N4O. The van der Waals surface area contributed by atoms with Gasteiger partial charge in [0, 0.05) is 23.1 Å². The average Bonchev–Trinajstić information content (AvgIpc) is 2.53. The van der Waals surface area contributed by atoms with Crippen LogP contribution in [0.4, 0.5) is 13.2 Å². The molecule has 0 saturated heterocycles. The number of hydrogen-bond acceptors (Lipinski definition) is 2. The van der Waals surface area contributed by atoms with E-state index in [1.165, 1.54) is 12.1 Å². The number of fused-ring (bicyclic) bond motifs is 1. The van der Waals surface area contributed by atoms with Crippen LogP contribution in [-0.4, -0.2) is 16.9 Å². The molecule has 5 nitrogen and oxygen atoms in total. The van der Waals surface area contributed by atoms with Gasteiger partial charge in [0.1, 0.15) is 23.1 Å². The molecule has 0 aliphatic heterocycles. The normalized spacial score (nSPS) is 10.7. The molecule has 0 fully saturated rings. The second-order valence-corrected chi connectivity index (χ2v) is 5.16. The Morgan fingerprint density at radius 1 is 1.00 bits per heavy atom. The highest BCUT2D eigenvalue weighted by Gasteiger charge is 2.18. The molecule has 0 atom stereocenters. The van der Waals surface area contributed by atoms with Crippen molar-refractivity contribution in [3.63, 3.8) is 0 Å². The van der Waals surface area contributed by atoms with Crippen LogP contribution in [0.1, 0.15) is 10.5 Å². The zero-order valence-corrected chi connectivity index (χ0v) is 12.6. The Morgan fingerprint density at radius 3 is 2.32 bits per heavy atom. The van der Waals surface area contributed by atoms with Gasteiger partial charge in [-0.2, -0.15) is 4.99 Å². The summed E-state index contributed by atoms with van der Waals surface area (Å²) in [6, 6.07) is 8.72. The lowest BCUT2D eigenvalue weighted by molar-refractivity contribution is 0.0998. The van der Waals surface area contributed by atoms with Gasteiger partial charge in [0.05, 0.1) is 11.1 Å². The number of pyridine rings is 1. The molecule has 0 aliphatic rings. The van der Waals surface area contributed by atoms with E-state index in [0.717, 1.165) is 0 Å². The lowest BCUT2D eigenvalue weighted by atomic mass is 10.0. The lowest BCUT2D eigenvalue weighted by Gasteiger charge is -2.09. The SMILES string of the molecule is NC(N)=NC(=O)c1ccc2cccc(-c3c(F)cc(F)cc3F)c2n1. The van der Waals surface area contributed by atoms with Crippen LogP contribution in [0.15, 0.2) is 47.5 Å². The van der Waals surface area contributed by atoms with Gasteiger partial charge in [-0.05, 0) is 6.07 Å². The van der Waals surface area contributed by atoms with Crippen LogP contribution < -0.4 is 11.5 Å². The number of halogens is 3. The molecule has 1 aromatic heterocycles. The molecule has 1 amide bonds. The molecule has 2 aromatic carbocycles. The van der Waals surface area contributed by atoms with E-state index < -0.39 is 34.9 Å². The number of nitrogens with zero attached hydrogens (tertiary/aromatic N) is 2. The molecule has 3 rings (SSSR count). The molecule has 0 radical (unpaired) electrons. The van der Waals surface area contributed by atoms with Crippen LogP contribution >= 0.6 is 0 Å². The molecule has 0 unspecified atom stereocenters. The first-order valence-corrected chi connectivity index (χ1v) is 7.05. The Morgan fingerprint density at radius 2 is 1.68 bits per heavy atom. The van der Waals surface area contributed by atoms with Crippen molar-refractivity contribution in [2.24, 2.45) is 16.5 Å². The van der Waals surface area contributed by atoms with Crippen molar-refractivity contribution in [1.82, 2.24) is 4.98 Å². The quantitative estimate of drug-likeness (QED) is 0.552. The van der Waals surface area contributed by atoms with Crippen molar-refractivity contribution >= 4 is 22.8 Å². The molecule has 8 heteroatoms.